The topological polar surface area (TPSA) is 172 Å². The highest BCUT2D eigenvalue weighted by Gasteiger charge is 2.40. The molecule has 4 N–H and O–H groups in total. The quantitative estimate of drug-likeness (QED) is 0.310. The van der Waals surface area contributed by atoms with E-state index in [4.69, 9.17) is 31.3 Å². The molecule has 0 radical (unpaired) electrons. The molecule has 3 atom stereocenters. The van der Waals surface area contributed by atoms with Crippen LogP contribution in [0.3, 0.4) is 0 Å². The lowest BCUT2D eigenvalue weighted by Gasteiger charge is -2.35. The van der Waals surface area contributed by atoms with E-state index in [1.165, 1.54) is 36.4 Å². The standard InChI is InChI=1S/C24H23ClF3NO3.C4H6O6/c1-2-16-8-3-4-11-29(16)13-18-19(30)10-9-17-21(31)20(14-6-5-7-15(25)12-14)23(24(26,27)28)32-22(17)18;5-1(3(7)8)2(6)4(9)10/h5-7,9-10,12,16,30H,2-4,8,11,13H2,1H3;1-2,5-6H,(H,7,8)(H,9,10)/p-1. The Balaban J connectivity index is 0.000000416. The van der Waals surface area contributed by atoms with E-state index in [2.05, 4.69) is 11.8 Å². The molecule has 1 saturated heterocycles. The molecule has 1 aliphatic rings. The number of nitrogens with zero attached hydrogens (tertiary/aromatic N) is 1. The van der Waals surface area contributed by atoms with Crippen LogP contribution in [0.5, 0.6) is 5.75 Å². The van der Waals surface area contributed by atoms with Crippen LogP contribution in [0.15, 0.2) is 45.6 Å². The molecule has 0 saturated carbocycles. The van der Waals surface area contributed by atoms with Crippen molar-refractivity contribution in [1.29, 1.82) is 0 Å². The number of alkyl halides is 3. The van der Waals surface area contributed by atoms with Gasteiger partial charge in [0.05, 0.1) is 22.5 Å². The van der Waals surface area contributed by atoms with Gasteiger partial charge in [0.25, 0.3) is 0 Å². The Morgan fingerprint density at radius 3 is 2.40 bits per heavy atom. The van der Waals surface area contributed by atoms with Crippen LogP contribution in [0.4, 0.5) is 13.2 Å². The largest absolute Gasteiger partial charge is 0.547 e. The van der Waals surface area contributed by atoms with Crippen molar-refractivity contribution in [3.05, 3.63) is 63.0 Å². The van der Waals surface area contributed by atoms with Gasteiger partial charge in [0.15, 0.2) is 6.10 Å². The van der Waals surface area contributed by atoms with E-state index < -0.39 is 47.1 Å². The number of carbonyl (C=O) groups is 2. The molecule has 0 spiro atoms. The monoisotopic (exact) mass is 614 g/mol. The Kier molecular flexibility index (Phi) is 10.6. The number of benzene rings is 2. The molecule has 2 aromatic carbocycles. The van der Waals surface area contributed by atoms with E-state index >= 15 is 0 Å². The van der Waals surface area contributed by atoms with Crippen molar-refractivity contribution >= 4 is 34.5 Å². The summed E-state index contributed by atoms with van der Waals surface area (Å²) in [5.41, 5.74) is -1.41. The van der Waals surface area contributed by atoms with Gasteiger partial charge in [-0.15, -0.1) is 0 Å². The number of aliphatic carboxylic acids is 2. The van der Waals surface area contributed by atoms with Gasteiger partial charge >= 0.3 is 12.1 Å². The number of carboxylic acids is 2. The molecular formula is C28H28ClF3NO9-. The zero-order chi connectivity index (χ0) is 31.4. The zero-order valence-electron chi connectivity index (χ0n) is 22.2. The lowest BCUT2D eigenvalue weighted by Crippen LogP contribution is -2.46. The van der Waals surface area contributed by atoms with Gasteiger partial charge in [-0.25, -0.2) is 4.79 Å². The van der Waals surface area contributed by atoms with Gasteiger partial charge in [0, 0.05) is 17.6 Å². The third-order valence-corrected chi connectivity index (χ3v) is 7.12. The number of aliphatic hydroxyl groups is 2. The second-order valence-electron chi connectivity index (χ2n) is 9.66. The molecular weight excluding hydrogens is 587 g/mol. The number of carbonyl (C=O) groups excluding carboxylic acids is 1. The lowest BCUT2D eigenvalue weighted by atomic mass is 9.97. The molecule has 1 aliphatic heterocycles. The number of hydrogen-bond donors (Lipinski definition) is 4. The summed E-state index contributed by atoms with van der Waals surface area (Å²) < 4.78 is 47.4. The van der Waals surface area contributed by atoms with Crippen LogP contribution >= 0.6 is 11.6 Å². The van der Waals surface area contributed by atoms with Crippen LogP contribution in [0.2, 0.25) is 5.02 Å². The zero-order valence-corrected chi connectivity index (χ0v) is 23.0. The van der Waals surface area contributed by atoms with Gasteiger partial charge in [-0.2, -0.15) is 13.2 Å². The van der Waals surface area contributed by atoms with Gasteiger partial charge in [0.1, 0.15) is 17.4 Å². The third-order valence-electron chi connectivity index (χ3n) is 6.88. The smallest absolute Gasteiger partial charge is 0.450 e. The highest BCUT2D eigenvalue weighted by Crippen LogP contribution is 2.40. The fourth-order valence-electron chi connectivity index (χ4n) is 4.76. The summed E-state index contributed by atoms with van der Waals surface area (Å²) in [6.45, 7) is 3.04. The molecule has 10 nitrogen and oxygen atoms in total. The highest BCUT2D eigenvalue weighted by molar-refractivity contribution is 6.30. The van der Waals surface area contributed by atoms with E-state index in [0.29, 0.717) is 0 Å². The molecule has 42 heavy (non-hydrogen) atoms. The Morgan fingerprint density at radius 1 is 1.17 bits per heavy atom. The number of rotatable bonds is 7. The van der Waals surface area contributed by atoms with Crippen molar-refractivity contribution in [3.8, 4) is 16.9 Å². The van der Waals surface area contributed by atoms with Gasteiger partial charge in [-0.1, -0.05) is 37.1 Å². The van der Waals surface area contributed by atoms with E-state index in [1.807, 2.05) is 0 Å². The normalized spacial score (nSPS) is 17.3. The SMILES string of the molecule is CCC1CCCCN1Cc1c(O)ccc2c(=O)c(-c3cccc(Cl)c3)c(C(F)(F)F)oc12.O=C([O-])C(O)C(O)C(=O)O. The van der Waals surface area contributed by atoms with Crippen LogP contribution in [-0.2, 0) is 22.3 Å². The molecule has 1 aromatic heterocycles. The number of piperidine rings is 1. The molecule has 0 amide bonds. The third kappa shape index (κ3) is 7.40. The molecule has 1 fully saturated rings. The van der Waals surface area contributed by atoms with E-state index in [9.17, 15) is 37.8 Å². The number of fused-ring (bicyclic) bond motifs is 1. The van der Waals surface area contributed by atoms with Gasteiger partial charge in [0.2, 0.25) is 11.2 Å². The molecule has 3 unspecified atom stereocenters. The molecule has 3 aromatic rings. The maximum Gasteiger partial charge on any atom is 0.450 e. The van der Waals surface area contributed by atoms with Crippen LogP contribution < -0.4 is 10.5 Å². The number of aromatic hydroxyl groups is 1. The summed E-state index contributed by atoms with van der Waals surface area (Å²) in [5.74, 6) is -5.41. The molecule has 14 heteroatoms. The van der Waals surface area contributed by atoms with Crippen LogP contribution in [-0.4, -0.2) is 62.1 Å². The summed E-state index contributed by atoms with van der Waals surface area (Å²) in [4.78, 5) is 34.8. The van der Waals surface area contributed by atoms with Crippen molar-refractivity contribution in [3.63, 3.8) is 0 Å². The number of hydrogen-bond acceptors (Lipinski definition) is 9. The average molecular weight is 615 g/mol. The fraction of sp³-hybridized carbons (Fsp3) is 0.393. The van der Waals surface area contributed by atoms with Crippen molar-refractivity contribution in [2.24, 2.45) is 0 Å². The minimum atomic E-state index is -4.91. The molecule has 4 rings (SSSR count). The summed E-state index contributed by atoms with van der Waals surface area (Å²) in [5, 5.41) is 44.8. The maximum absolute atomic E-state index is 14.0. The summed E-state index contributed by atoms with van der Waals surface area (Å²) in [6, 6.07) is 8.59. The van der Waals surface area contributed by atoms with E-state index in [1.54, 1.807) is 0 Å². The Morgan fingerprint density at radius 2 is 1.86 bits per heavy atom. The molecule has 0 bridgehead atoms. The molecule has 228 valence electrons. The second kappa shape index (κ2) is 13.6. The predicted molar refractivity (Wildman–Crippen MR) is 143 cm³/mol. The number of aliphatic hydroxyl groups excluding tert-OH is 2. The van der Waals surface area contributed by atoms with Crippen molar-refractivity contribution in [2.75, 3.05) is 6.54 Å². The van der Waals surface area contributed by atoms with Crippen LogP contribution in [0, 0.1) is 0 Å². The highest BCUT2D eigenvalue weighted by atomic mass is 35.5. The van der Waals surface area contributed by atoms with E-state index in [0.717, 1.165) is 32.2 Å². The summed E-state index contributed by atoms with van der Waals surface area (Å²) >= 11 is 5.96. The first-order valence-electron chi connectivity index (χ1n) is 12.9. The average Bonchev–Trinajstić information content (AvgIpc) is 2.93. The summed E-state index contributed by atoms with van der Waals surface area (Å²) in [7, 11) is 0. The number of phenolic OH excluding ortho intramolecular Hbond substituents is 1. The first kappa shape index (κ1) is 32.9. The van der Waals surface area contributed by atoms with Crippen LogP contribution in [0.1, 0.15) is 43.9 Å². The van der Waals surface area contributed by atoms with Gasteiger partial charge < -0.3 is 34.7 Å². The number of likely N-dealkylation sites (tertiary alicyclic amines) is 1. The van der Waals surface area contributed by atoms with Gasteiger partial charge in [-0.05, 0) is 55.6 Å². The summed E-state index contributed by atoms with van der Waals surface area (Å²) in [6.07, 6.45) is -5.68. The minimum absolute atomic E-state index is 0.00849. The van der Waals surface area contributed by atoms with Crippen molar-refractivity contribution < 1.29 is 52.7 Å². The molecule has 2 heterocycles. The predicted octanol–water partition coefficient (Wildman–Crippen LogP) is 3.15. The number of phenols is 1. The minimum Gasteiger partial charge on any atom is -0.547 e. The maximum atomic E-state index is 14.0. The fourth-order valence-corrected chi connectivity index (χ4v) is 4.95. The Labute approximate surface area is 242 Å². The second-order valence-corrected chi connectivity index (χ2v) is 10.1. The van der Waals surface area contributed by atoms with Crippen molar-refractivity contribution in [2.45, 2.75) is 63.6 Å². The lowest BCUT2D eigenvalue weighted by molar-refractivity contribution is -0.318. The van der Waals surface area contributed by atoms with Crippen molar-refractivity contribution in [1.82, 2.24) is 4.90 Å². The molecule has 0 aliphatic carbocycles. The van der Waals surface area contributed by atoms with E-state index in [-0.39, 0.29) is 45.5 Å². The van der Waals surface area contributed by atoms with Gasteiger partial charge in [-0.3, -0.25) is 9.69 Å². The van der Waals surface area contributed by atoms with Crippen LogP contribution in [0.25, 0.3) is 22.1 Å². The number of halogens is 4. The Bertz CT molecular complexity index is 1490. The number of carboxylic acid groups (broad SMARTS) is 2. The first-order chi connectivity index (χ1) is 19.7. The first-order valence-corrected chi connectivity index (χ1v) is 13.2. The Hall–Kier alpha value is -3.65.